The zero-order valence-electron chi connectivity index (χ0n) is 11.3. The number of hydrogen-bond donors (Lipinski definition) is 0. The summed E-state index contributed by atoms with van der Waals surface area (Å²) in [5.74, 6) is 0. The third kappa shape index (κ3) is 2.59. The minimum Gasteiger partial charge on any atom is -0.207 e. The van der Waals surface area contributed by atoms with Gasteiger partial charge in [0.2, 0.25) is 10.0 Å². The van der Waals surface area contributed by atoms with Crippen molar-refractivity contribution in [3.63, 3.8) is 0 Å². The van der Waals surface area contributed by atoms with Gasteiger partial charge in [0.25, 0.3) is 0 Å². The zero-order chi connectivity index (χ0) is 13.4. The molecule has 2 rings (SSSR count). The van der Waals surface area contributed by atoms with E-state index in [1.807, 2.05) is 13.0 Å². The van der Waals surface area contributed by atoms with Crippen LogP contribution in [0.1, 0.15) is 33.6 Å². The van der Waals surface area contributed by atoms with Gasteiger partial charge in [0.15, 0.2) is 0 Å². The first kappa shape index (κ1) is 13.6. The van der Waals surface area contributed by atoms with E-state index in [0.29, 0.717) is 11.4 Å². The number of sulfonamides is 1. The summed E-state index contributed by atoms with van der Waals surface area (Å²) in [6.45, 7) is 6.86. The first-order valence-electron chi connectivity index (χ1n) is 6.40. The maximum absolute atomic E-state index is 12.6. The molecule has 1 heterocycles. The molecule has 1 unspecified atom stereocenters. The second kappa shape index (κ2) is 4.67. The van der Waals surface area contributed by atoms with E-state index in [1.165, 1.54) is 0 Å². The molecule has 0 bridgehead atoms. The van der Waals surface area contributed by atoms with E-state index in [9.17, 15) is 8.42 Å². The van der Waals surface area contributed by atoms with Gasteiger partial charge in [-0.2, -0.15) is 4.31 Å². The first-order chi connectivity index (χ1) is 8.33. The lowest BCUT2D eigenvalue weighted by molar-refractivity contribution is 0.143. The second-order valence-corrected chi connectivity index (χ2v) is 7.81. The average molecular weight is 267 g/mol. The zero-order valence-corrected chi connectivity index (χ0v) is 12.1. The summed E-state index contributed by atoms with van der Waals surface area (Å²) in [5.41, 5.74) is 0.0638. The quantitative estimate of drug-likeness (QED) is 0.826. The number of rotatable bonds is 2. The Kier molecular flexibility index (Phi) is 3.52. The van der Waals surface area contributed by atoms with E-state index in [-0.39, 0.29) is 11.5 Å². The van der Waals surface area contributed by atoms with Crippen LogP contribution in [0.5, 0.6) is 0 Å². The lowest BCUT2D eigenvalue weighted by atomic mass is 9.83. The van der Waals surface area contributed by atoms with Crippen LogP contribution < -0.4 is 0 Å². The van der Waals surface area contributed by atoms with Crippen molar-refractivity contribution in [1.82, 2.24) is 4.31 Å². The molecule has 18 heavy (non-hydrogen) atoms. The summed E-state index contributed by atoms with van der Waals surface area (Å²) in [6.07, 6.45) is 2.01. The van der Waals surface area contributed by atoms with Crippen LogP contribution in [0.2, 0.25) is 0 Å². The van der Waals surface area contributed by atoms with Crippen molar-refractivity contribution in [2.75, 3.05) is 6.54 Å². The van der Waals surface area contributed by atoms with Crippen molar-refractivity contribution >= 4 is 10.0 Å². The molecule has 1 fully saturated rings. The largest absolute Gasteiger partial charge is 0.243 e. The first-order valence-corrected chi connectivity index (χ1v) is 7.84. The Balaban J connectivity index is 2.35. The summed E-state index contributed by atoms with van der Waals surface area (Å²) in [4.78, 5) is 0.398. The monoisotopic (exact) mass is 267 g/mol. The maximum atomic E-state index is 12.6. The molecular weight excluding hydrogens is 246 g/mol. The van der Waals surface area contributed by atoms with E-state index in [1.54, 1.807) is 28.6 Å². The molecular formula is C14H21NO2S. The van der Waals surface area contributed by atoms with E-state index >= 15 is 0 Å². The fourth-order valence-corrected chi connectivity index (χ4v) is 4.32. The lowest BCUT2D eigenvalue weighted by Gasteiger charge is -2.41. The Morgan fingerprint density at radius 2 is 1.83 bits per heavy atom. The van der Waals surface area contributed by atoms with Crippen LogP contribution in [0.15, 0.2) is 35.2 Å². The van der Waals surface area contributed by atoms with Crippen molar-refractivity contribution in [2.24, 2.45) is 5.41 Å². The summed E-state index contributed by atoms with van der Waals surface area (Å²) >= 11 is 0. The van der Waals surface area contributed by atoms with Gasteiger partial charge >= 0.3 is 0 Å². The second-order valence-electron chi connectivity index (χ2n) is 5.92. The van der Waals surface area contributed by atoms with Crippen molar-refractivity contribution < 1.29 is 8.42 Å². The Bertz CT molecular complexity index is 508. The molecule has 0 saturated carbocycles. The average Bonchev–Trinajstić information content (AvgIpc) is 2.33. The van der Waals surface area contributed by atoms with Crippen LogP contribution >= 0.6 is 0 Å². The molecule has 100 valence electrons. The van der Waals surface area contributed by atoms with Crippen LogP contribution in [0.25, 0.3) is 0 Å². The molecule has 0 radical (unpaired) electrons. The molecule has 1 aromatic carbocycles. The topological polar surface area (TPSA) is 37.4 Å². The maximum Gasteiger partial charge on any atom is 0.243 e. The SMILES string of the molecule is CC1CCC(C)(C)CN1S(=O)(=O)c1ccccc1. The molecule has 0 aromatic heterocycles. The van der Waals surface area contributed by atoms with Gasteiger partial charge < -0.3 is 0 Å². The van der Waals surface area contributed by atoms with Gasteiger partial charge in [-0.1, -0.05) is 32.0 Å². The fraction of sp³-hybridized carbons (Fsp3) is 0.571. The third-order valence-corrected chi connectivity index (χ3v) is 5.64. The Labute approximate surface area is 110 Å². The van der Waals surface area contributed by atoms with Crippen LogP contribution in [-0.2, 0) is 10.0 Å². The molecule has 1 aliphatic rings. The number of hydrogen-bond acceptors (Lipinski definition) is 2. The van der Waals surface area contributed by atoms with Gasteiger partial charge in [-0.15, -0.1) is 0 Å². The van der Waals surface area contributed by atoms with Gasteiger partial charge in [-0.25, -0.2) is 8.42 Å². The standard InChI is InChI=1S/C14H21NO2S/c1-12-9-10-14(2,3)11-15(12)18(16,17)13-7-5-4-6-8-13/h4-8,12H,9-11H2,1-3H3. The number of piperidine rings is 1. The molecule has 1 saturated heterocycles. The lowest BCUT2D eigenvalue weighted by Crippen LogP contribution is -2.48. The third-order valence-electron chi connectivity index (χ3n) is 3.66. The minimum atomic E-state index is -3.35. The molecule has 1 aromatic rings. The summed E-state index contributed by atoms with van der Waals surface area (Å²) in [7, 11) is -3.35. The van der Waals surface area contributed by atoms with Crippen molar-refractivity contribution in [3.8, 4) is 0 Å². The molecule has 3 nitrogen and oxygen atoms in total. The molecule has 0 aliphatic carbocycles. The van der Waals surface area contributed by atoms with Crippen molar-refractivity contribution in [3.05, 3.63) is 30.3 Å². The van der Waals surface area contributed by atoms with E-state index in [0.717, 1.165) is 12.8 Å². The molecule has 4 heteroatoms. The summed E-state index contributed by atoms with van der Waals surface area (Å²) in [5, 5.41) is 0. The van der Waals surface area contributed by atoms with Gasteiger partial charge in [-0.3, -0.25) is 0 Å². The van der Waals surface area contributed by atoms with Gasteiger partial charge in [0.05, 0.1) is 4.90 Å². The predicted octanol–water partition coefficient (Wildman–Crippen LogP) is 2.89. The van der Waals surface area contributed by atoms with Crippen LogP contribution in [-0.4, -0.2) is 25.3 Å². The minimum absolute atomic E-state index is 0.0638. The highest BCUT2D eigenvalue weighted by molar-refractivity contribution is 7.89. The van der Waals surface area contributed by atoms with E-state index in [4.69, 9.17) is 0 Å². The highest BCUT2D eigenvalue weighted by Gasteiger charge is 2.38. The van der Waals surface area contributed by atoms with Gasteiger partial charge in [0, 0.05) is 12.6 Å². The van der Waals surface area contributed by atoms with Crippen LogP contribution in [0.3, 0.4) is 0 Å². The predicted molar refractivity (Wildman–Crippen MR) is 72.8 cm³/mol. The van der Waals surface area contributed by atoms with Gasteiger partial charge in [-0.05, 0) is 37.3 Å². The highest BCUT2D eigenvalue weighted by atomic mass is 32.2. The highest BCUT2D eigenvalue weighted by Crippen LogP contribution is 2.35. The van der Waals surface area contributed by atoms with Gasteiger partial charge in [0.1, 0.15) is 0 Å². The Morgan fingerprint density at radius 1 is 1.22 bits per heavy atom. The van der Waals surface area contributed by atoms with E-state index < -0.39 is 10.0 Å². The smallest absolute Gasteiger partial charge is 0.207 e. The molecule has 0 amide bonds. The molecule has 1 aliphatic heterocycles. The van der Waals surface area contributed by atoms with E-state index in [2.05, 4.69) is 13.8 Å². The van der Waals surface area contributed by atoms with Crippen molar-refractivity contribution in [2.45, 2.75) is 44.6 Å². The summed E-state index contributed by atoms with van der Waals surface area (Å²) < 4.78 is 26.9. The van der Waals surface area contributed by atoms with Crippen LogP contribution in [0.4, 0.5) is 0 Å². The Hall–Kier alpha value is -0.870. The molecule has 0 spiro atoms. The number of nitrogens with zero attached hydrogens (tertiary/aromatic N) is 1. The normalized spacial score (nSPS) is 24.9. The van der Waals surface area contributed by atoms with Crippen molar-refractivity contribution in [1.29, 1.82) is 0 Å². The summed E-state index contributed by atoms with van der Waals surface area (Å²) in [6, 6.07) is 8.80. The molecule has 1 atom stereocenters. The molecule has 0 N–H and O–H groups in total. The van der Waals surface area contributed by atoms with Crippen LogP contribution in [0, 0.1) is 5.41 Å². The number of benzene rings is 1. The Morgan fingerprint density at radius 3 is 2.44 bits per heavy atom. The fourth-order valence-electron chi connectivity index (χ4n) is 2.45.